The van der Waals surface area contributed by atoms with Gasteiger partial charge in [-0.3, -0.25) is 4.79 Å². The molecule has 0 radical (unpaired) electrons. The van der Waals surface area contributed by atoms with Gasteiger partial charge in [-0.2, -0.15) is 0 Å². The van der Waals surface area contributed by atoms with Crippen molar-refractivity contribution in [3.05, 3.63) is 35.9 Å². The van der Waals surface area contributed by atoms with Crippen molar-refractivity contribution in [2.24, 2.45) is 5.73 Å². The number of nitrogens with one attached hydrogen (secondary N) is 1. The molecule has 0 saturated heterocycles. The standard InChI is InChI=1S/C15H25N3O2/c1-18(2)11-14(12-7-5-4-6-8-12)17-15(19)9-13(10-16)20-3/h4-8,13-14H,9-11,16H2,1-3H3,(H,17,19). The zero-order chi connectivity index (χ0) is 15.0. The van der Waals surface area contributed by atoms with Crippen LogP contribution in [0.25, 0.3) is 0 Å². The minimum Gasteiger partial charge on any atom is -0.380 e. The highest BCUT2D eigenvalue weighted by Gasteiger charge is 2.18. The molecule has 1 aromatic carbocycles. The van der Waals surface area contributed by atoms with E-state index in [2.05, 4.69) is 10.2 Å². The summed E-state index contributed by atoms with van der Waals surface area (Å²) in [6.45, 7) is 1.09. The number of nitrogens with zero attached hydrogens (tertiary/aromatic N) is 1. The van der Waals surface area contributed by atoms with E-state index in [1.165, 1.54) is 0 Å². The average molecular weight is 279 g/mol. The van der Waals surface area contributed by atoms with Gasteiger partial charge in [-0.05, 0) is 19.7 Å². The van der Waals surface area contributed by atoms with Crippen LogP contribution in [0.3, 0.4) is 0 Å². The molecule has 2 atom stereocenters. The smallest absolute Gasteiger partial charge is 0.223 e. The zero-order valence-electron chi connectivity index (χ0n) is 12.5. The Bertz CT molecular complexity index is 391. The number of carbonyl (C=O) groups excluding carboxylic acids is 1. The molecule has 0 saturated carbocycles. The first kappa shape index (κ1) is 16.6. The molecule has 112 valence electrons. The lowest BCUT2D eigenvalue weighted by Gasteiger charge is -2.23. The van der Waals surface area contributed by atoms with Gasteiger partial charge >= 0.3 is 0 Å². The summed E-state index contributed by atoms with van der Waals surface area (Å²) in [4.78, 5) is 14.1. The molecule has 20 heavy (non-hydrogen) atoms. The van der Waals surface area contributed by atoms with E-state index in [-0.39, 0.29) is 24.5 Å². The van der Waals surface area contributed by atoms with Crippen molar-refractivity contribution in [2.75, 3.05) is 34.3 Å². The summed E-state index contributed by atoms with van der Waals surface area (Å²) in [5, 5.41) is 3.05. The fourth-order valence-electron chi connectivity index (χ4n) is 2.01. The molecule has 0 heterocycles. The summed E-state index contributed by atoms with van der Waals surface area (Å²) in [5.41, 5.74) is 6.63. The Morgan fingerprint density at radius 2 is 2.00 bits per heavy atom. The average Bonchev–Trinajstić information content (AvgIpc) is 2.44. The van der Waals surface area contributed by atoms with Gasteiger partial charge in [0.05, 0.1) is 18.6 Å². The number of nitrogens with two attached hydrogens (primary N) is 1. The van der Waals surface area contributed by atoms with Crippen molar-refractivity contribution >= 4 is 5.91 Å². The molecular weight excluding hydrogens is 254 g/mol. The Morgan fingerprint density at radius 1 is 1.35 bits per heavy atom. The van der Waals surface area contributed by atoms with Crippen LogP contribution >= 0.6 is 0 Å². The van der Waals surface area contributed by atoms with E-state index in [0.717, 1.165) is 12.1 Å². The van der Waals surface area contributed by atoms with Crippen LogP contribution in [0.2, 0.25) is 0 Å². The summed E-state index contributed by atoms with van der Waals surface area (Å²) in [6, 6.07) is 9.92. The van der Waals surface area contributed by atoms with E-state index >= 15 is 0 Å². The molecule has 2 unspecified atom stereocenters. The van der Waals surface area contributed by atoms with Gasteiger partial charge in [-0.25, -0.2) is 0 Å². The van der Waals surface area contributed by atoms with Crippen LogP contribution in [0.4, 0.5) is 0 Å². The van der Waals surface area contributed by atoms with Crippen LogP contribution in [-0.2, 0) is 9.53 Å². The first-order valence-electron chi connectivity index (χ1n) is 6.78. The maximum absolute atomic E-state index is 12.1. The molecule has 0 spiro atoms. The Morgan fingerprint density at radius 3 is 2.50 bits per heavy atom. The second kappa shape index (κ2) is 8.68. The number of likely N-dealkylation sites (N-methyl/N-ethyl adjacent to an activating group) is 1. The van der Waals surface area contributed by atoms with E-state index in [1.54, 1.807) is 7.11 Å². The van der Waals surface area contributed by atoms with Gasteiger partial charge in [-0.15, -0.1) is 0 Å². The van der Waals surface area contributed by atoms with Crippen LogP contribution < -0.4 is 11.1 Å². The van der Waals surface area contributed by atoms with E-state index in [4.69, 9.17) is 10.5 Å². The van der Waals surface area contributed by atoms with Crippen LogP contribution in [0.1, 0.15) is 18.0 Å². The maximum atomic E-state index is 12.1. The first-order valence-corrected chi connectivity index (χ1v) is 6.78. The summed E-state index contributed by atoms with van der Waals surface area (Å²) in [6.07, 6.45) is 0.0508. The second-order valence-corrected chi connectivity index (χ2v) is 5.09. The normalized spacial score (nSPS) is 14.1. The Hall–Kier alpha value is -1.43. The SMILES string of the molecule is COC(CN)CC(=O)NC(CN(C)C)c1ccccc1. The van der Waals surface area contributed by atoms with E-state index < -0.39 is 0 Å². The van der Waals surface area contributed by atoms with Crippen LogP contribution in [0.5, 0.6) is 0 Å². The molecule has 0 aliphatic heterocycles. The monoisotopic (exact) mass is 279 g/mol. The molecule has 0 bridgehead atoms. The fourth-order valence-corrected chi connectivity index (χ4v) is 2.01. The van der Waals surface area contributed by atoms with E-state index in [9.17, 15) is 4.79 Å². The lowest BCUT2D eigenvalue weighted by molar-refractivity contribution is -0.124. The minimum atomic E-state index is -0.231. The topological polar surface area (TPSA) is 67.6 Å². The minimum absolute atomic E-state index is 0.0334. The van der Waals surface area contributed by atoms with Crippen LogP contribution in [0.15, 0.2) is 30.3 Å². The molecule has 1 amide bonds. The van der Waals surface area contributed by atoms with Gasteiger partial charge in [-0.1, -0.05) is 30.3 Å². The van der Waals surface area contributed by atoms with E-state index in [0.29, 0.717) is 6.54 Å². The number of ether oxygens (including phenoxy) is 1. The third-order valence-corrected chi connectivity index (χ3v) is 3.09. The van der Waals surface area contributed by atoms with Gasteiger partial charge in [0.25, 0.3) is 0 Å². The van der Waals surface area contributed by atoms with Gasteiger partial charge in [0.1, 0.15) is 0 Å². The first-order chi connectivity index (χ1) is 9.56. The predicted octanol–water partition coefficient (Wildman–Crippen LogP) is 0.769. The molecule has 0 fully saturated rings. The van der Waals surface area contributed by atoms with Crippen molar-refractivity contribution in [1.29, 1.82) is 0 Å². The number of hydrogen-bond donors (Lipinski definition) is 2. The predicted molar refractivity (Wildman–Crippen MR) is 80.3 cm³/mol. The molecule has 1 aromatic rings. The molecule has 0 aliphatic rings. The van der Waals surface area contributed by atoms with Crippen LogP contribution in [0, 0.1) is 0 Å². The van der Waals surface area contributed by atoms with Gasteiger partial charge in [0.15, 0.2) is 0 Å². The molecule has 3 N–H and O–H groups in total. The quantitative estimate of drug-likeness (QED) is 0.737. The molecule has 1 rings (SSSR count). The van der Waals surface area contributed by atoms with Crippen molar-refractivity contribution in [1.82, 2.24) is 10.2 Å². The van der Waals surface area contributed by atoms with Crippen molar-refractivity contribution in [2.45, 2.75) is 18.6 Å². The summed E-state index contributed by atoms with van der Waals surface area (Å²) in [7, 11) is 5.54. The Kier molecular flexibility index (Phi) is 7.22. The molecule has 5 nitrogen and oxygen atoms in total. The van der Waals surface area contributed by atoms with Crippen molar-refractivity contribution < 1.29 is 9.53 Å². The summed E-state index contributed by atoms with van der Waals surface area (Å²) in [5.74, 6) is -0.0435. The Balaban J connectivity index is 2.68. The van der Waals surface area contributed by atoms with E-state index in [1.807, 2.05) is 44.4 Å². The molecule has 0 aromatic heterocycles. The maximum Gasteiger partial charge on any atom is 0.223 e. The van der Waals surface area contributed by atoms with Crippen LogP contribution in [-0.4, -0.2) is 51.2 Å². The summed E-state index contributed by atoms with van der Waals surface area (Å²) >= 11 is 0. The largest absolute Gasteiger partial charge is 0.380 e. The van der Waals surface area contributed by atoms with Gasteiger partial charge in [0.2, 0.25) is 5.91 Å². The van der Waals surface area contributed by atoms with Gasteiger partial charge < -0.3 is 20.7 Å². The molecular formula is C15H25N3O2. The molecule has 5 heteroatoms. The van der Waals surface area contributed by atoms with Gasteiger partial charge in [0, 0.05) is 20.2 Å². The number of amides is 1. The lowest BCUT2D eigenvalue weighted by Crippen LogP contribution is -2.38. The third-order valence-electron chi connectivity index (χ3n) is 3.09. The number of rotatable bonds is 8. The highest BCUT2D eigenvalue weighted by molar-refractivity contribution is 5.77. The van der Waals surface area contributed by atoms with Crippen molar-refractivity contribution in [3.63, 3.8) is 0 Å². The second-order valence-electron chi connectivity index (χ2n) is 5.09. The fraction of sp³-hybridized carbons (Fsp3) is 0.533. The van der Waals surface area contributed by atoms with Crippen molar-refractivity contribution in [3.8, 4) is 0 Å². The number of carbonyl (C=O) groups is 1. The number of benzene rings is 1. The summed E-state index contributed by atoms with van der Waals surface area (Å²) < 4.78 is 5.14. The highest BCUT2D eigenvalue weighted by atomic mass is 16.5. The number of hydrogen-bond acceptors (Lipinski definition) is 4. The zero-order valence-corrected chi connectivity index (χ0v) is 12.5. The molecule has 0 aliphatic carbocycles. The third kappa shape index (κ3) is 5.69. The number of methoxy groups -OCH3 is 1. The lowest BCUT2D eigenvalue weighted by atomic mass is 10.1. The highest BCUT2D eigenvalue weighted by Crippen LogP contribution is 2.13. The Labute approximate surface area is 121 Å².